The maximum absolute atomic E-state index is 6.28. The van der Waals surface area contributed by atoms with Crippen LogP contribution in [0.3, 0.4) is 0 Å². The largest absolute Gasteiger partial charge is 0.311 e. The molecular formula is C14H17BrClN3. The van der Waals surface area contributed by atoms with Crippen molar-refractivity contribution >= 4 is 38.7 Å². The van der Waals surface area contributed by atoms with Crippen molar-refractivity contribution in [1.29, 1.82) is 0 Å². The van der Waals surface area contributed by atoms with Gasteiger partial charge in [-0.25, -0.2) is 9.97 Å². The summed E-state index contributed by atoms with van der Waals surface area (Å²) in [4.78, 5) is 9.17. The van der Waals surface area contributed by atoms with Crippen LogP contribution in [0.5, 0.6) is 0 Å². The lowest BCUT2D eigenvalue weighted by Crippen LogP contribution is -2.11. The van der Waals surface area contributed by atoms with E-state index in [2.05, 4.69) is 30.5 Å². The molecule has 0 radical (unpaired) electrons. The Bertz CT molecular complexity index is 588. The van der Waals surface area contributed by atoms with E-state index in [1.54, 1.807) is 0 Å². The summed E-state index contributed by atoms with van der Waals surface area (Å²) in [7, 11) is 0. The van der Waals surface area contributed by atoms with Gasteiger partial charge in [-0.05, 0) is 47.7 Å². The molecule has 2 aromatic heterocycles. The number of aromatic nitrogens is 3. The number of pyridine rings is 1. The second kappa shape index (κ2) is 5.41. The van der Waals surface area contributed by atoms with Crippen LogP contribution in [0.2, 0.25) is 0 Å². The minimum Gasteiger partial charge on any atom is -0.311 e. The van der Waals surface area contributed by atoms with Crippen molar-refractivity contribution in [2.45, 2.75) is 44.5 Å². The molecule has 1 unspecified atom stereocenters. The summed E-state index contributed by atoms with van der Waals surface area (Å²) < 4.78 is 3.18. The summed E-state index contributed by atoms with van der Waals surface area (Å²) in [5, 5.41) is -0.0885. The van der Waals surface area contributed by atoms with Gasteiger partial charge in [-0.15, -0.1) is 11.6 Å². The highest BCUT2D eigenvalue weighted by Gasteiger charge is 2.21. The van der Waals surface area contributed by atoms with E-state index < -0.39 is 0 Å². The van der Waals surface area contributed by atoms with Gasteiger partial charge < -0.3 is 4.57 Å². The van der Waals surface area contributed by atoms with Crippen LogP contribution in [0.15, 0.2) is 16.7 Å². The summed E-state index contributed by atoms with van der Waals surface area (Å²) in [5.41, 5.74) is 1.88. The average molecular weight is 343 g/mol. The van der Waals surface area contributed by atoms with E-state index in [1.165, 1.54) is 25.7 Å². The van der Waals surface area contributed by atoms with Gasteiger partial charge in [0.15, 0.2) is 5.65 Å². The second-order valence-electron chi connectivity index (χ2n) is 5.34. The maximum Gasteiger partial charge on any atom is 0.160 e. The van der Waals surface area contributed by atoms with Crippen molar-refractivity contribution in [3.8, 4) is 0 Å². The van der Waals surface area contributed by atoms with Crippen LogP contribution in [-0.4, -0.2) is 14.5 Å². The van der Waals surface area contributed by atoms with E-state index in [0.29, 0.717) is 0 Å². The van der Waals surface area contributed by atoms with E-state index in [-0.39, 0.29) is 5.38 Å². The van der Waals surface area contributed by atoms with Crippen molar-refractivity contribution in [2.75, 3.05) is 0 Å². The minimum absolute atomic E-state index is 0.0885. The molecule has 19 heavy (non-hydrogen) atoms. The number of hydrogen-bond donors (Lipinski definition) is 0. The topological polar surface area (TPSA) is 30.7 Å². The summed E-state index contributed by atoms with van der Waals surface area (Å²) in [5.74, 6) is 1.69. The van der Waals surface area contributed by atoms with Gasteiger partial charge in [-0.1, -0.05) is 12.8 Å². The number of fused-ring (bicyclic) bond motifs is 1. The summed E-state index contributed by atoms with van der Waals surface area (Å²) in [6.07, 6.45) is 7.15. The molecule has 0 N–H and O–H groups in total. The zero-order valence-corrected chi connectivity index (χ0v) is 13.3. The Kier molecular flexibility index (Phi) is 3.81. The van der Waals surface area contributed by atoms with Crippen molar-refractivity contribution in [3.05, 3.63) is 22.6 Å². The van der Waals surface area contributed by atoms with E-state index in [9.17, 15) is 0 Å². The van der Waals surface area contributed by atoms with Crippen LogP contribution in [-0.2, 0) is 6.54 Å². The summed E-state index contributed by atoms with van der Waals surface area (Å²) in [6.45, 7) is 2.97. The molecule has 2 heterocycles. The Hall–Kier alpha value is -0.610. The van der Waals surface area contributed by atoms with Gasteiger partial charge in [-0.3, -0.25) is 0 Å². The maximum atomic E-state index is 6.28. The first-order valence-corrected chi connectivity index (χ1v) is 8.04. The van der Waals surface area contributed by atoms with Crippen LogP contribution in [0, 0.1) is 5.92 Å². The molecular weight excluding hydrogens is 326 g/mol. The van der Waals surface area contributed by atoms with Crippen molar-refractivity contribution < 1.29 is 0 Å². The predicted molar refractivity (Wildman–Crippen MR) is 81.5 cm³/mol. The quantitative estimate of drug-likeness (QED) is 0.758. The van der Waals surface area contributed by atoms with Crippen LogP contribution >= 0.6 is 27.5 Å². The third-order valence-corrected chi connectivity index (χ3v) is 4.48. The third-order valence-electron chi connectivity index (χ3n) is 3.85. The fraction of sp³-hybridized carbons (Fsp3) is 0.571. The highest BCUT2D eigenvalue weighted by atomic mass is 79.9. The van der Waals surface area contributed by atoms with Gasteiger partial charge >= 0.3 is 0 Å². The van der Waals surface area contributed by atoms with Crippen LogP contribution in [0.1, 0.15) is 43.8 Å². The predicted octanol–water partition coefficient (Wildman–Crippen LogP) is 4.68. The standard InChI is InChI=1S/C14H17BrClN3/c1-9(16)13-18-12-6-11(15)7-17-14(12)19(13)8-10-4-2-3-5-10/h6-7,9-10H,2-5,8H2,1H3. The van der Waals surface area contributed by atoms with Gasteiger partial charge in [0.25, 0.3) is 0 Å². The highest BCUT2D eigenvalue weighted by Crippen LogP contribution is 2.31. The molecule has 1 fully saturated rings. The fourth-order valence-corrected chi connectivity index (χ4v) is 3.42. The highest BCUT2D eigenvalue weighted by molar-refractivity contribution is 9.10. The summed E-state index contributed by atoms with van der Waals surface area (Å²) >= 11 is 9.73. The lowest BCUT2D eigenvalue weighted by atomic mass is 10.1. The molecule has 102 valence electrons. The first kappa shape index (κ1) is 13.4. The Morgan fingerprint density at radius 1 is 1.47 bits per heavy atom. The molecule has 3 rings (SSSR count). The molecule has 2 aromatic rings. The minimum atomic E-state index is -0.0885. The number of rotatable bonds is 3. The van der Waals surface area contributed by atoms with Crippen molar-refractivity contribution in [2.24, 2.45) is 5.92 Å². The zero-order chi connectivity index (χ0) is 13.4. The summed E-state index contributed by atoms with van der Waals surface area (Å²) in [6, 6.07) is 2.01. The Morgan fingerprint density at radius 2 is 2.21 bits per heavy atom. The zero-order valence-electron chi connectivity index (χ0n) is 10.9. The third kappa shape index (κ3) is 2.65. The fourth-order valence-electron chi connectivity index (χ4n) is 2.94. The van der Waals surface area contributed by atoms with E-state index in [0.717, 1.165) is 33.9 Å². The molecule has 5 heteroatoms. The molecule has 1 saturated carbocycles. The van der Waals surface area contributed by atoms with Crippen molar-refractivity contribution in [1.82, 2.24) is 14.5 Å². The molecule has 1 aliphatic rings. The first-order valence-electron chi connectivity index (χ1n) is 6.81. The van der Waals surface area contributed by atoms with E-state index in [4.69, 9.17) is 11.6 Å². The first-order chi connectivity index (χ1) is 9.15. The molecule has 0 saturated heterocycles. The SMILES string of the molecule is CC(Cl)c1nc2cc(Br)cnc2n1CC1CCCC1. The number of imidazole rings is 1. The Morgan fingerprint density at radius 3 is 2.89 bits per heavy atom. The van der Waals surface area contributed by atoms with Gasteiger partial charge in [0.05, 0.1) is 5.38 Å². The average Bonchev–Trinajstić information content (AvgIpc) is 2.97. The molecule has 0 spiro atoms. The van der Waals surface area contributed by atoms with Crippen LogP contribution in [0.4, 0.5) is 0 Å². The molecule has 1 atom stereocenters. The van der Waals surface area contributed by atoms with E-state index >= 15 is 0 Å². The Labute approximate surface area is 126 Å². The van der Waals surface area contributed by atoms with Gasteiger partial charge in [-0.2, -0.15) is 0 Å². The lowest BCUT2D eigenvalue weighted by Gasteiger charge is -2.14. The van der Waals surface area contributed by atoms with Gasteiger partial charge in [0.1, 0.15) is 11.3 Å². The number of hydrogen-bond acceptors (Lipinski definition) is 2. The smallest absolute Gasteiger partial charge is 0.160 e. The van der Waals surface area contributed by atoms with E-state index in [1.807, 2.05) is 19.2 Å². The number of halogens is 2. The van der Waals surface area contributed by atoms with Gasteiger partial charge in [0, 0.05) is 17.2 Å². The van der Waals surface area contributed by atoms with Crippen LogP contribution in [0.25, 0.3) is 11.2 Å². The molecule has 0 amide bonds. The molecule has 0 aliphatic heterocycles. The monoisotopic (exact) mass is 341 g/mol. The molecule has 3 nitrogen and oxygen atoms in total. The Balaban J connectivity index is 2.05. The van der Waals surface area contributed by atoms with Crippen molar-refractivity contribution in [3.63, 3.8) is 0 Å². The normalized spacial score (nSPS) is 18.3. The number of alkyl halides is 1. The number of nitrogens with zero attached hydrogens (tertiary/aromatic N) is 3. The van der Waals surface area contributed by atoms with Crippen LogP contribution < -0.4 is 0 Å². The second-order valence-corrected chi connectivity index (χ2v) is 6.91. The van der Waals surface area contributed by atoms with Gasteiger partial charge in [0.2, 0.25) is 0 Å². The molecule has 0 bridgehead atoms. The molecule has 0 aromatic carbocycles. The lowest BCUT2D eigenvalue weighted by molar-refractivity contribution is 0.453. The molecule has 1 aliphatic carbocycles.